The number of unbranched alkanes of at least 4 members (excludes halogenated alkanes) is 2. The van der Waals surface area contributed by atoms with Gasteiger partial charge in [-0.25, -0.2) is 9.13 Å². The number of benzene rings is 2. The monoisotopic (exact) mass is 645 g/mol. The first-order valence-corrected chi connectivity index (χ1v) is 17.5. The molecule has 0 bridgehead atoms. The second kappa shape index (κ2) is 13.8. The number of aryl methyl sites for hydroxylation is 3. The second-order valence-electron chi connectivity index (χ2n) is 11.6. The Morgan fingerprint density at radius 2 is 1.37 bits per heavy atom. The smallest absolute Gasteiger partial charge is 0.263 e. The summed E-state index contributed by atoms with van der Waals surface area (Å²) in [7, 11) is 0. The number of carbonyl (C=O) groups is 1. The number of hydrogen-bond acceptors (Lipinski definition) is 5. The molecule has 0 saturated carbocycles. The first kappa shape index (κ1) is 30.1. The van der Waals surface area contributed by atoms with E-state index < -0.39 is 0 Å². The van der Waals surface area contributed by atoms with E-state index in [9.17, 15) is 9.90 Å². The molecule has 230 valence electrons. The van der Waals surface area contributed by atoms with Gasteiger partial charge >= 0.3 is 0 Å². The molecule has 8 heteroatoms. The Balaban J connectivity index is 1.09. The predicted octanol–water partition coefficient (Wildman–Crippen LogP) is 6.96. The van der Waals surface area contributed by atoms with E-state index in [0.717, 1.165) is 73.1 Å². The average Bonchev–Trinajstić information content (AvgIpc) is 3.64. The van der Waals surface area contributed by atoms with Crippen LogP contribution in [-0.2, 0) is 24.4 Å². The Labute approximate surface area is 277 Å². The lowest BCUT2D eigenvalue weighted by Crippen LogP contribution is -2.37. The minimum Gasteiger partial charge on any atom is -0.506 e. The Bertz CT molecular complexity index is 1960. The molecule has 3 aromatic heterocycles. The molecule has 4 heterocycles. The number of carbonyl (C=O) groups excluding carboxylic acids is 1. The van der Waals surface area contributed by atoms with Gasteiger partial charge in [-0.15, -0.1) is 0 Å². The van der Waals surface area contributed by atoms with E-state index in [4.69, 9.17) is 0 Å². The number of allylic oxidation sites excluding steroid dienone is 3. The molecule has 0 unspecified atom stereocenters. The highest BCUT2D eigenvalue weighted by Gasteiger charge is 2.36. The summed E-state index contributed by atoms with van der Waals surface area (Å²) in [6.45, 7) is 3.62. The van der Waals surface area contributed by atoms with Crippen LogP contribution in [0.5, 0.6) is 0 Å². The van der Waals surface area contributed by atoms with Crippen LogP contribution in [0.4, 0.5) is 5.69 Å². The van der Waals surface area contributed by atoms with Crippen molar-refractivity contribution in [1.82, 2.24) is 0 Å². The van der Waals surface area contributed by atoms with Crippen molar-refractivity contribution >= 4 is 50.9 Å². The molecule has 1 aliphatic carbocycles. The number of ketones is 1. The van der Waals surface area contributed by atoms with E-state index >= 15 is 0 Å². The fourth-order valence-corrected chi connectivity index (χ4v) is 8.30. The number of pyridine rings is 2. The van der Waals surface area contributed by atoms with Crippen molar-refractivity contribution < 1.29 is 23.6 Å². The van der Waals surface area contributed by atoms with E-state index in [0.29, 0.717) is 11.1 Å². The summed E-state index contributed by atoms with van der Waals surface area (Å²) in [6.07, 6.45) is 16.3. The van der Waals surface area contributed by atoms with Crippen LogP contribution >= 0.6 is 23.1 Å². The summed E-state index contributed by atoms with van der Waals surface area (Å²) in [4.78, 5) is 17.0. The van der Waals surface area contributed by atoms with Crippen molar-refractivity contribution in [3.63, 3.8) is 0 Å². The van der Waals surface area contributed by atoms with E-state index in [1.54, 1.807) is 23.1 Å². The van der Waals surface area contributed by atoms with Gasteiger partial charge in [-0.05, 0) is 30.7 Å². The minimum absolute atomic E-state index is 0.0824. The Morgan fingerprint density at radius 3 is 2.11 bits per heavy atom. The second-order valence-corrected chi connectivity index (χ2v) is 13.7. The molecule has 7 rings (SSSR count). The summed E-state index contributed by atoms with van der Waals surface area (Å²) in [6, 6.07) is 29.0. The van der Waals surface area contributed by atoms with Crippen LogP contribution in [0, 0.1) is 0 Å². The zero-order valence-corrected chi connectivity index (χ0v) is 27.3. The number of nitrogens with zero attached hydrogens (tertiary/aromatic N) is 4. The van der Waals surface area contributed by atoms with Gasteiger partial charge in [0.25, 0.3) is 5.01 Å². The number of para-hydroxylation sites is 2. The molecular formula is C38H37N4O2S2+3. The molecule has 0 spiro atoms. The van der Waals surface area contributed by atoms with E-state index in [1.807, 2.05) is 36.4 Å². The van der Waals surface area contributed by atoms with Crippen LogP contribution in [0.3, 0.4) is 0 Å². The quantitative estimate of drug-likeness (QED) is 0.0906. The SMILES string of the molecule is O=C1C(=Cc2sc3ccccc3[n+]2CCCC[n+]2ccccc2)C(O)=C1C=C1Sc2ccccc2N1CCCC[n+]1ccccc1. The molecular weight excluding hydrogens is 609 g/mol. The maximum Gasteiger partial charge on any atom is 0.263 e. The third-order valence-electron chi connectivity index (χ3n) is 8.46. The summed E-state index contributed by atoms with van der Waals surface area (Å²) >= 11 is 3.32. The van der Waals surface area contributed by atoms with Crippen LogP contribution in [0.2, 0.25) is 0 Å². The third-order valence-corrected chi connectivity index (χ3v) is 10.7. The normalized spacial score (nSPS) is 16.1. The van der Waals surface area contributed by atoms with Crippen molar-refractivity contribution in [2.24, 2.45) is 0 Å². The summed E-state index contributed by atoms with van der Waals surface area (Å²) in [5.74, 6) is -0.0227. The first-order chi connectivity index (χ1) is 22.7. The molecule has 2 aromatic carbocycles. The summed E-state index contributed by atoms with van der Waals surface area (Å²) in [5.41, 5.74) is 3.09. The van der Waals surface area contributed by atoms with Crippen molar-refractivity contribution in [3.05, 3.63) is 143 Å². The lowest BCUT2D eigenvalue weighted by molar-refractivity contribution is -0.701. The highest BCUT2D eigenvalue weighted by molar-refractivity contribution is 8.03. The first-order valence-electron chi connectivity index (χ1n) is 15.9. The molecule has 0 saturated heterocycles. The van der Waals surface area contributed by atoms with Gasteiger partial charge in [0, 0.05) is 67.1 Å². The van der Waals surface area contributed by atoms with Gasteiger partial charge in [-0.3, -0.25) is 4.79 Å². The van der Waals surface area contributed by atoms with Gasteiger partial charge in [-0.1, -0.05) is 59.5 Å². The molecule has 0 atom stereocenters. The van der Waals surface area contributed by atoms with Crippen LogP contribution < -0.4 is 18.6 Å². The number of aliphatic hydroxyl groups is 1. The fraction of sp³-hybridized carbons (Fsp3) is 0.211. The molecule has 0 fully saturated rings. The van der Waals surface area contributed by atoms with E-state index in [1.165, 1.54) is 9.60 Å². The van der Waals surface area contributed by atoms with E-state index in [2.05, 4.69) is 104 Å². The van der Waals surface area contributed by atoms with Crippen molar-refractivity contribution in [2.45, 2.75) is 50.2 Å². The maximum absolute atomic E-state index is 13.5. The highest BCUT2D eigenvalue weighted by atomic mass is 32.2. The molecule has 0 radical (unpaired) electrons. The average molecular weight is 646 g/mol. The summed E-state index contributed by atoms with van der Waals surface area (Å²) in [5, 5.41) is 13.2. The number of Topliss-reactive ketones (excluding diaryl/α,β-unsaturated/α-hetero) is 1. The standard InChI is InChI=1S/C38H36N4O2S2/c43-37-29(27-35-41(31-15-3-5-17-33(31)45-35)25-13-11-23-39-19-7-1-8-20-39)38(44)30(37)28-36-42(32-16-4-6-18-34(32)46-36)26-14-12-24-40-21-9-2-10-22-40/h1-10,15-22,27-28H,11-14,23-26H2/q+2/p+1. The van der Waals surface area contributed by atoms with Crippen molar-refractivity contribution in [2.75, 3.05) is 11.4 Å². The minimum atomic E-state index is -0.105. The van der Waals surface area contributed by atoms with Gasteiger partial charge < -0.3 is 10.0 Å². The van der Waals surface area contributed by atoms with Gasteiger partial charge in [-0.2, -0.15) is 4.57 Å². The van der Waals surface area contributed by atoms with Gasteiger partial charge in [0.15, 0.2) is 31.3 Å². The fourth-order valence-electron chi connectivity index (χ4n) is 6.03. The van der Waals surface area contributed by atoms with Gasteiger partial charge in [0.05, 0.1) is 21.9 Å². The topological polar surface area (TPSA) is 52.2 Å². The van der Waals surface area contributed by atoms with Gasteiger partial charge in [0.1, 0.15) is 23.5 Å². The van der Waals surface area contributed by atoms with Crippen LogP contribution in [-0.4, -0.2) is 17.4 Å². The molecule has 0 amide bonds. The lowest BCUT2D eigenvalue weighted by Gasteiger charge is -2.23. The molecule has 5 aromatic rings. The maximum atomic E-state index is 13.5. The zero-order valence-electron chi connectivity index (χ0n) is 25.7. The van der Waals surface area contributed by atoms with Crippen LogP contribution in [0.25, 0.3) is 16.3 Å². The summed E-state index contributed by atoms with van der Waals surface area (Å²) < 4.78 is 7.87. The van der Waals surface area contributed by atoms with Crippen molar-refractivity contribution in [3.8, 4) is 0 Å². The molecule has 46 heavy (non-hydrogen) atoms. The predicted molar refractivity (Wildman–Crippen MR) is 184 cm³/mol. The number of fused-ring (bicyclic) bond motifs is 2. The molecule has 6 nitrogen and oxygen atoms in total. The number of thioether (sulfide) groups is 1. The number of aromatic nitrogens is 3. The molecule has 1 N–H and O–H groups in total. The van der Waals surface area contributed by atoms with Crippen molar-refractivity contribution in [1.29, 1.82) is 0 Å². The Morgan fingerprint density at radius 1 is 0.717 bits per heavy atom. The Hall–Kier alpha value is -4.53. The Kier molecular flexibility index (Phi) is 9.08. The number of rotatable bonds is 12. The van der Waals surface area contributed by atoms with Gasteiger partial charge in [0.2, 0.25) is 11.3 Å². The highest BCUT2D eigenvalue weighted by Crippen LogP contribution is 2.47. The number of aliphatic hydroxyl groups excluding tert-OH is 1. The third kappa shape index (κ3) is 6.41. The van der Waals surface area contributed by atoms with E-state index in [-0.39, 0.29) is 11.5 Å². The number of hydrogen-bond donors (Lipinski definition) is 1. The number of anilines is 1. The van der Waals surface area contributed by atoms with Crippen LogP contribution in [0.1, 0.15) is 30.7 Å². The number of thiazole rings is 1. The lowest BCUT2D eigenvalue weighted by atomic mass is 9.88. The largest absolute Gasteiger partial charge is 0.506 e. The zero-order chi connectivity index (χ0) is 31.3. The van der Waals surface area contributed by atoms with Crippen LogP contribution in [0.15, 0.2) is 143 Å². The molecule has 1 aliphatic heterocycles. The molecule has 2 aliphatic rings.